The number of hydrogen-bond acceptors (Lipinski definition) is 5. The van der Waals surface area contributed by atoms with Crippen LogP contribution in [-0.2, 0) is 17.0 Å². The Balaban J connectivity index is 1.51. The van der Waals surface area contributed by atoms with Gasteiger partial charge in [0.2, 0.25) is 5.91 Å². The molecule has 0 saturated carbocycles. The van der Waals surface area contributed by atoms with Crippen molar-refractivity contribution in [3.8, 4) is 0 Å². The largest absolute Gasteiger partial charge is 0.394 e. The fourth-order valence-corrected chi connectivity index (χ4v) is 3.47. The first-order chi connectivity index (χ1) is 13.2. The fourth-order valence-electron chi connectivity index (χ4n) is 2.77. The van der Waals surface area contributed by atoms with Crippen LogP contribution < -0.4 is 10.9 Å². The van der Waals surface area contributed by atoms with E-state index < -0.39 is 0 Å². The van der Waals surface area contributed by atoms with Crippen LogP contribution in [0.15, 0.2) is 59.4 Å². The number of hydrogen-bond donors (Lipinski definition) is 3. The predicted octanol–water partition coefficient (Wildman–Crippen LogP) is 1.88. The Bertz CT molecular complexity index is 959. The van der Waals surface area contributed by atoms with Crippen molar-refractivity contribution in [1.29, 1.82) is 0 Å². The van der Waals surface area contributed by atoms with Gasteiger partial charge < -0.3 is 15.4 Å². The molecule has 0 radical (unpaired) electrons. The predicted molar refractivity (Wildman–Crippen MR) is 108 cm³/mol. The van der Waals surface area contributed by atoms with Crippen LogP contribution in [0.3, 0.4) is 0 Å². The molecule has 27 heavy (non-hydrogen) atoms. The van der Waals surface area contributed by atoms with Crippen LogP contribution in [-0.4, -0.2) is 39.4 Å². The number of amides is 1. The average molecular weight is 383 g/mol. The van der Waals surface area contributed by atoms with Crippen LogP contribution in [0.1, 0.15) is 11.4 Å². The van der Waals surface area contributed by atoms with Crippen LogP contribution in [0.25, 0.3) is 10.9 Å². The summed E-state index contributed by atoms with van der Waals surface area (Å²) < 4.78 is 0. The van der Waals surface area contributed by atoms with E-state index in [1.54, 1.807) is 18.2 Å². The summed E-state index contributed by atoms with van der Waals surface area (Å²) in [6.45, 7) is -0.120. The molecule has 1 amide bonds. The van der Waals surface area contributed by atoms with Crippen molar-refractivity contribution >= 4 is 28.6 Å². The average Bonchev–Trinajstić information content (AvgIpc) is 2.68. The topological polar surface area (TPSA) is 95.1 Å². The highest BCUT2D eigenvalue weighted by atomic mass is 32.2. The Hall–Kier alpha value is -2.64. The molecule has 7 heteroatoms. The zero-order chi connectivity index (χ0) is 19.1. The van der Waals surface area contributed by atoms with Gasteiger partial charge in [0.15, 0.2) is 0 Å². The van der Waals surface area contributed by atoms with E-state index in [-0.39, 0.29) is 29.9 Å². The number of nitrogens with one attached hydrogen (secondary N) is 2. The number of aliphatic hydroxyl groups excluding tert-OH is 1. The lowest BCUT2D eigenvalue weighted by Crippen LogP contribution is -2.40. The van der Waals surface area contributed by atoms with E-state index in [4.69, 9.17) is 0 Å². The molecule has 1 unspecified atom stereocenters. The first-order valence-electron chi connectivity index (χ1n) is 8.65. The van der Waals surface area contributed by atoms with Gasteiger partial charge in [0.25, 0.3) is 5.56 Å². The molecular weight excluding hydrogens is 362 g/mol. The summed E-state index contributed by atoms with van der Waals surface area (Å²) in [6, 6.07) is 16.5. The summed E-state index contributed by atoms with van der Waals surface area (Å²) in [4.78, 5) is 31.3. The van der Waals surface area contributed by atoms with Crippen molar-refractivity contribution in [2.75, 3.05) is 12.4 Å². The molecule has 0 fully saturated rings. The number of aromatic amines is 1. The van der Waals surface area contributed by atoms with Gasteiger partial charge in [-0.05, 0) is 24.1 Å². The molecule has 0 bridgehead atoms. The van der Waals surface area contributed by atoms with Crippen LogP contribution >= 0.6 is 11.8 Å². The number of carbonyl (C=O) groups is 1. The SMILES string of the molecule is O=C(CSCc1nc2ccccc2c(=O)[nH]1)NC(CO)Cc1ccccc1. The Morgan fingerprint density at radius 3 is 2.67 bits per heavy atom. The number of aliphatic hydroxyl groups is 1. The number of nitrogens with zero attached hydrogens (tertiary/aromatic N) is 1. The maximum Gasteiger partial charge on any atom is 0.258 e. The highest BCUT2D eigenvalue weighted by Crippen LogP contribution is 2.11. The molecule has 0 spiro atoms. The zero-order valence-corrected chi connectivity index (χ0v) is 15.5. The number of fused-ring (bicyclic) bond motifs is 1. The Morgan fingerprint density at radius 2 is 1.89 bits per heavy atom. The highest BCUT2D eigenvalue weighted by molar-refractivity contribution is 7.99. The quantitative estimate of drug-likeness (QED) is 0.552. The normalized spacial score (nSPS) is 12.0. The number of rotatable bonds is 8. The Labute approximate surface area is 161 Å². The van der Waals surface area contributed by atoms with Crippen LogP contribution in [0.2, 0.25) is 0 Å². The Morgan fingerprint density at radius 1 is 1.15 bits per heavy atom. The van der Waals surface area contributed by atoms with Crippen molar-refractivity contribution in [2.24, 2.45) is 0 Å². The van der Waals surface area contributed by atoms with Crippen LogP contribution in [0, 0.1) is 0 Å². The molecular formula is C20H21N3O3S. The first-order valence-corrected chi connectivity index (χ1v) is 9.81. The second-order valence-corrected chi connectivity index (χ2v) is 7.14. The highest BCUT2D eigenvalue weighted by Gasteiger charge is 2.12. The van der Waals surface area contributed by atoms with Crippen LogP contribution in [0.4, 0.5) is 0 Å². The van der Waals surface area contributed by atoms with Crippen molar-refractivity contribution in [3.63, 3.8) is 0 Å². The molecule has 6 nitrogen and oxygen atoms in total. The zero-order valence-electron chi connectivity index (χ0n) is 14.7. The molecule has 1 aromatic heterocycles. The van der Waals surface area contributed by atoms with E-state index >= 15 is 0 Å². The second kappa shape index (κ2) is 9.34. The minimum absolute atomic E-state index is 0.120. The van der Waals surface area contributed by atoms with Gasteiger partial charge in [0, 0.05) is 0 Å². The number of carbonyl (C=O) groups excluding carboxylic acids is 1. The van der Waals surface area contributed by atoms with E-state index in [0.29, 0.717) is 28.9 Å². The number of benzene rings is 2. The third-order valence-electron chi connectivity index (χ3n) is 4.04. The number of aromatic nitrogens is 2. The lowest BCUT2D eigenvalue weighted by Gasteiger charge is -2.16. The van der Waals surface area contributed by atoms with Crippen LogP contribution in [0.5, 0.6) is 0 Å². The minimum atomic E-state index is -0.320. The minimum Gasteiger partial charge on any atom is -0.394 e. The van der Waals surface area contributed by atoms with Crippen molar-refractivity contribution in [3.05, 3.63) is 76.3 Å². The van der Waals surface area contributed by atoms with Crippen molar-refractivity contribution < 1.29 is 9.90 Å². The van der Waals surface area contributed by atoms with Crippen molar-refractivity contribution in [2.45, 2.75) is 18.2 Å². The summed E-state index contributed by atoms with van der Waals surface area (Å²) in [5.74, 6) is 1.04. The van der Waals surface area contributed by atoms with E-state index in [1.807, 2.05) is 36.4 Å². The fraction of sp³-hybridized carbons (Fsp3) is 0.250. The standard InChI is InChI=1S/C20H21N3O3S/c24-11-15(10-14-6-2-1-3-7-14)21-19(25)13-27-12-18-22-17-9-5-4-8-16(17)20(26)23-18/h1-9,15,24H,10-13H2,(H,21,25)(H,22,23,26). The van der Waals surface area contributed by atoms with Gasteiger partial charge >= 0.3 is 0 Å². The summed E-state index contributed by atoms with van der Waals surface area (Å²) in [5.41, 5.74) is 1.52. The maximum atomic E-state index is 12.1. The van der Waals surface area contributed by atoms with Gasteiger partial charge in [0.05, 0.1) is 35.1 Å². The molecule has 2 aromatic carbocycles. The molecule has 3 rings (SSSR count). The molecule has 140 valence electrons. The molecule has 3 N–H and O–H groups in total. The number of para-hydroxylation sites is 1. The number of H-pyrrole nitrogens is 1. The monoisotopic (exact) mass is 383 g/mol. The van der Waals surface area contributed by atoms with Crippen molar-refractivity contribution in [1.82, 2.24) is 15.3 Å². The molecule has 0 aliphatic carbocycles. The van der Waals surface area contributed by atoms with E-state index in [1.165, 1.54) is 11.8 Å². The number of thioether (sulfide) groups is 1. The second-order valence-electron chi connectivity index (χ2n) is 6.16. The Kier molecular flexibility index (Phi) is 6.62. The molecule has 3 aromatic rings. The van der Waals surface area contributed by atoms with E-state index in [9.17, 15) is 14.7 Å². The van der Waals surface area contributed by atoms with Gasteiger partial charge in [0.1, 0.15) is 5.82 Å². The van der Waals surface area contributed by atoms with Gasteiger partial charge in [-0.3, -0.25) is 9.59 Å². The molecule has 0 aliphatic rings. The summed E-state index contributed by atoms with van der Waals surface area (Å²) >= 11 is 1.36. The van der Waals surface area contributed by atoms with Gasteiger partial charge in [-0.2, -0.15) is 0 Å². The van der Waals surface area contributed by atoms with Gasteiger partial charge in [-0.25, -0.2) is 4.98 Å². The van der Waals surface area contributed by atoms with E-state index in [0.717, 1.165) is 5.56 Å². The lowest BCUT2D eigenvalue weighted by atomic mass is 10.1. The van der Waals surface area contributed by atoms with Gasteiger partial charge in [-0.15, -0.1) is 11.8 Å². The van der Waals surface area contributed by atoms with Gasteiger partial charge in [-0.1, -0.05) is 42.5 Å². The third kappa shape index (κ3) is 5.42. The maximum absolute atomic E-state index is 12.1. The smallest absolute Gasteiger partial charge is 0.258 e. The lowest BCUT2D eigenvalue weighted by molar-refractivity contribution is -0.119. The molecule has 1 heterocycles. The summed E-state index contributed by atoms with van der Waals surface area (Å²) in [5, 5.41) is 12.9. The summed E-state index contributed by atoms with van der Waals surface area (Å²) in [6.07, 6.45) is 0.577. The first kappa shape index (κ1) is 19.1. The molecule has 0 aliphatic heterocycles. The molecule has 1 atom stereocenters. The summed E-state index contributed by atoms with van der Waals surface area (Å²) in [7, 11) is 0. The van der Waals surface area contributed by atoms with E-state index in [2.05, 4.69) is 15.3 Å². The third-order valence-corrected chi connectivity index (χ3v) is 4.99. The molecule has 0 saturated heterocycles.